The lowest BCUT2D eigenvalue weighted by molar-refractivity contribution is -0.178. The van der Waals surface area contributed by atoms with Crippen molar-refractivity contribution in [3.8, 4) is 5.75 Å². The minimum atomic E-state index is -4.08. The predicted molar refractivity (Wildman–Crippen MR) is 79.6 cm³/mol. The standard InChI is InChI=1S/C17H25F3O/c1-3-4-5-6-7-15(17(18,19)20)11-8-14-9-12-16(21-2)13-10-14/h9-10,12-13,15H,3-8,11H2,1-2H3. The van der Waals surface area contributed by atoms with Crippen molar-refractivity contribution in [3.63, 3.8) is 0 Å². The van der Waals surface area contributed by atoms with Gasteiger partial charge in [0.15, 0.2) is 0 Å². The third-order valence-electron chi connectivity index (χ3n) is 3.81. The number of halogens is 3. The zero-order chi connectivity index (χ0) is 15.7. The van der Waals surface area contributed by atoms with E-state index in [1.807, 2.05) is 12.1 Å². The molecule has 1 nitrogen and oxygen atoms in total. The number of rotatable bonds is 9. The molecule has 4 heteroatoms. The molecule has 0 radical (unpaired) electrons. The molecule has 120 valence electrons. The largest absolute Gasteiger partial charge is 0.497 e. The highest BCUT2D eigenvalue weighted by molar-refractivity contribution is 5.27. The second-order valence-corrected chi connectivity index (χ2v) is 5.47. The Balaban J connectivity index is 2.48. The number of methoxy groups -OCH3 is 1. The Bertz CT molecular complexity index is 384. The van der Waals surface area contributed by atoms with E-state index in [1.165, 1.54) is 0 Å². The molecule has 0 heterocycles. The smallest absolute Gasteiger partial charge is 0.391 e. The van der Waals surface area contributed by atoms with Crippen LogP contribution in [-0.2, 0) is 6.42 Å². The van der Waals surface area contributed by atoms with Crippen LogP contribution >= 0.6 is 0 Å². The summed E-state index contributed by atoms with van der Waals surface area (Å²) in [6.07, 6.45) is 0.417. The second-order valence-electron chi connectivity index (χ2n) is 5.47. The van der Waals surface area contributed by atoms with Gasteiger partial charge in [-0.1, -0.05) is 44.7 Å². The Kier molecular flexibility index (Phi) is 7.62. The Morgan fingerprint density at radius 2 is 1.67 bits per heavy atom. The van der Waals surface area contributed by atoms with E-state index in [4.69, 9.17) is 4.74 Å². The van der Waals surface area contributed by atoms with Crippen LogP contribution in [0.2, 0.25) is 0 Å². The van der Waals surface area contributed by atoms with Gasteiger partial charge in [-0.3, -0.25) is 0 Å². The van der Waals surface area contributed by atoms with E-state index in [0.29, 0.717) is 12.8 Å². The second kappa shape index (κ2) is 8.96. The highest BCUT2D eigenvalue weighted by Crippen LogP contribution is 2.34. The van der Waals surface area contributed by atoms with Crippen LogP contribution in [0.25, 0.3) is 0 Å². The molecule has 0 aromatic heterocycles. The molecule has 0 saturated heterocycles. The summed E-state index contributed by atoms with van der Waals surface area (Å²) < 4.78 is 44.1. The molecule has 0 aliphatic carbocycles. The molecule has 0 N–H and O–H groups in total. The van der Waals surface area contributed by atoms with Crippen molar-refractivity contribution in [3.05, 3.63) is 29.8 Å². The van der Waals surface area contributed by atoms with Crippen LogP contribution in [0.4, 0.5) is 13.2 Å². The topological polar surface area (TPSA) is 9.23 Å². The van der Waals surface area contributed by atoms with E-state index in [-0.39, 0.29) is 12.8 Å². The summed E-state index contributed by atoms with van der Waals surface area (Å²) in [6, 6.07) is 7.26. The van der Waals surface area contributed by atoms with Crippen LogP contribution in [0, 0.1) is 5.92 Å². The lowest BCUT2D eigenvalue weighted by Crippen LogP contribution is -2.23. The summed E-state index contributed by atoms with van der Waals surface area (Å²) in [5.74, 6) is -0.456. The average Bonchev–Trinajstić information content (AvgIpc) is 2.45. The van der Waals surface area contributed by atoms with Gasteiger partial charge in [-0.25, -0.2) is 0 Å². The number of aryl methyl sites for hydroxylation is 1. The van der Waals surface area contributed by atoms with Crippen molar-refractivity contribution >= 4 is 0 Å². The molecule has 1 rings (SSSR count). The molecule has 1 unspecified atom stereocenters. The van der Waals surface area contributed by atoms with Gasteiger partial charge in [-0.2, -0.15) is 13.2 Å². The first-order chi connectivity index (χ1) is 9.97. The van der Waals surface area contributed by atoms with Gasteiger partial charge in [0.1, 0.15) is 5.75 Å². The molecule has 1 aromatic rings. The summed E-state index contributed by atoms with van der Waals surface area (Å²) in [4.78, 5) is 0. The predicted octanol–water partition coefficient (Wildman–Crippen LogP) is 5.78. The summed E-state index contributed by atoms with van der Waals surface area (Å²) in [7, 11) is 1.57. The minimum Gasteiger partial charge on any atom is -0.497 e. The maximum Gasteiger partial charge on any atom is 0.391 e. The summed E-state index contributed by atoms with van der Waals surface area (Å²) in [5.41, 5.74) is 0.929. The van der Waals surface area contributed by atoms with E-state index < -0.39 is 12.1 Å². The Morgan fingerprint density at radius 1 is 1.00 bits per heavy atom. The monoisotopic (exact) mass is 302 g/mol. The summed E-state index contributed by atoms with van der Waals surface area (Å²) in [6.45, 7) is 2.06. The van der Waals surface area contributed by atoms with Crippen LogP contribution in [0.5, 0.6) is 5.75 Å². The van der Waals surface area contributed by atoms with Gasteiger partial charge in [-0.05, 0) is 37.0 Å². The zero-order valence-electron chi connectivity index (χ0n) is 12.9. The first kappa shape index (κ1) is 17.9. The van der Waals surface area contributed by atoms with Crippen molar-refractivity contribution in [2.75, 3.05) is 7.11 Å². The van der Waals surface area contributed by atoms with Gasteiger partial charge < -0.3 is 4.74 Å². The summed E-state index contributed by atoms with van der Waals surface area (Å²) in [5, 5.41) is 0. The van der Waals surface area contributed by atoms with Crippen LogP contribution in [0.15, 0.2) is 24.3 Å². The van der Waals surface area contributed by atoms with E-state index in [9.17, 15) is 13.2 Å². The minimum absolute atomic E-state index is 0.169. The maximum atomic E-state index is 13.0. The van der Waals surface area contributed by atoms with E-state index >= 15 is 0 Å². The quantitative estimate of drug-likeness (QED) is 0.526. The third kappa shape index (κ3) is 6.87. The number of hydrogen-bond donors (Lipinski definition) is 0. The molecule has 0 saturated carbocycles. The highest BCUT2D eigenvalue weighted by atomic mass is 19.4. The van der Waals surface area contributed by atoms with Crippen LogP contribution < -0.4 is 4.74 Å². The molecular weight excluding hydrogens is 277 g/mol. The summed E-state index contributed by atoms with van der Waals surface area (Å²) >= 11 is 0. The van der Waals surface area contributed by atoms with E-state index in [0.717, 1.165) is 30.6 Å². The van der Waals surface area contributed by atoms with Gasteiger partial charge >= 0.3 is 6.18 Å². The number of alkyl halides is 3. The molecule has 21 heavy (non-hydrogen) atoms. The maximum absolute atomic E-state index is 13.0. The number of hydrogen-bond acceptors (Lipinski definition) is 1. The van der Waals surface area contributed by atoms with Gasteiger partial charge in [0.25, 0.3) is 0 Å². The molecule has 0 amide bonds. The van der Waals surface area contributed by atoms with E-state index in [1.54, 1.807) is 19.2 Å². The van der Waals surface area contributed by atoms with Crippen LogP contribution in [-0.4, -0.2) is 13.3 Å². The molecule has 0 bridgehead atoms. The normalized spacial score (nSPS) is 13.2. The molecule has 0 aliphatic heterocycles. The Hall–Kier alpha value is -1.19. The SMILES string of the molecule is CCCCCCC(CCc1ccc(OC)cc1)C(F)(F)F. The van der Waals surface area contributed by atoms with Gasteiger partial charge in [0.05, 0.1) is 13.0 Å². The number of unbranched alkanes of at least 4 members (excludes halogenated alkanes) is 3. The lowest BCUT2D eigenvalue weighted by Gasteiger charge is -2.20. The van der Waals surface area contributed by atoms with Crippen molar-refractivity contribution in [2.24, 2.45) is 5.92 Å². The van der Waals surface area contributed by atoms with Gasteiger partial charge in [-0.15, -0.1) is 0 Å². The molecular formula is C17H25F3O. The van der Waals surface area contributed by atoms with Crippen molar-refractivity contribution in [1.82, 2.24) is 0 Å². The molecule has 0 aliphatic rings. The number of ether oxygens (including phenoxy) is 1. The Morgan fingerprint density at radius 3 is 2.19 bits per heavy atom. The fourth-order valence-electron chi connectivity index (χ4n) is 2.42. The average molecular weight is 302 g/mol. The fraction of sp³-hybridized carbons (Fsp3) is 0.647. The first-order valence-corrected chi connectivity index (χ1v) is 7.67. The van der Waals surface area contributed by atoms with Crippen molar-refractivity contribution in [2.45, 2.75) is 58.0 Å². The molecule has 1 atom stereocenters. The Labute approximate surface area is 125 Å². The van der Waals surface area contributed by atoms with E-state index in [2.05, 4.69) is 6.92 Å². The van der Waals surface area contributed by atoms with Crippen LogP contribution in [0.1, 0.15) is 51.0 Å². The van der Waals surface area contributed by atoms with Gasteiger partial charge in [0, 0.05) is 0 Å². The molecule has 1 aromatic carbocycles. The highest BCUT2D eigenvalue weighted by Gasteiger charge is 2.38. The van der Waals surface area contributed by atoms with Crippen molar-refractivity contribution < 1.29 is 17.9 Å². The van der Waals surface area contributed by atoms with Crippen LogP contribution in [0.3, 0.4) is 0 Å². The lowest BCUT2D eigenvalue weighted by atomic mass is 9.93. The van der Waals surface area contributed by atoms with Gasteiger partial charge in [0.2, 0.25) is 0 Å². The fourth-order valence-corrected chi connectivity index (χ4v) is 2.42. The first-order valence-electron chi connectivity index (χ1n) is 7.67. The van der Waals surface area contributed by atoms with Crippen molar-refractivity contribution in [1.29, 1.82) is 0 Å². The zero-order valence-corrected chi connectivity index (χ0v) is 12.9. The molecule has 0 spiro atoms. The number of benzene rings is 1. The molecule has 0 fully saturated rings. The third-order valence-corrected chi connectivity index (χ3v) is 3.81.